The van der Waals surface area contributed by atoms with Gasteiger partial charge in [-0.05, 0) is 64.8 Å². The summed E-state index contributed by atoms with van der Waals surface area (Å²) in [6.45, 7) is 10.9. The fourth-order valence-corrected chi connectivity index (χ4v) is 4.19. The van der Waals surface area contributed by atoms with E-state index in [2.05, 4.69) is 0 Å². The Hall–Kier alpha value is -3.87. The highest BCUT2D eigenvalue weighted by Crippen LogP contribution is 2.26. The number of Topliss-reactive ketones (excluding diaryl/α,β-unsaturated/α-hetero) is 1. The second kappa shape index (κ2) is 9.30. The average molecular weight is 489 g/mol. The monoisotopic (exact) mass is 488 g/mol. The molecule has 0 amide bonds. The minimum absolute atomic E-state index is 0.0332. The van der Waals surface area contributed by atoms with E-state index < -0.39 is 23.4 Å². The van der Waals surface area contributed by atoms with Crippen molar-refractivity contribution in [3.8, 4) is 0 Å². The Kier molecular flexibility index (Phi) is 6.52. The van der Waals surface area contributed by atoms with Crippen LogP contribution in [0.3, 0.4) is 0 Å². The molecule has 2 aromatic heterocycles. The second-order valence-corrected chi connectivity index (χ2v) is 10.9. The van der Waals surface area contributed by atoms with Crippen LogP contribution in [0, 0.1) is 0 Å². The maximum absolute atomic E-state index is 13.2. The van der Waals surface area contributed by atoms with Crippen molar-refractivity contribution in [2.75, 3.05) is 0 Å². The molecular weight excluding hydrogens is 456 g/mol. The number of carbonyl (C=O) groups excluding carboxylic acids is 3. The van der Waals surface area contributed by atoms with E-state index in [1.807, 2.05) is 90.1 Å². The van der Waals surface area contributed by atoms with Gasteiger partial charge in [-0.25, -0.2) is 9.59 Å². The zero-order chi connectivity index (χ0) is 26.3. The number of nitrogens with zero attached hydrogens (tertiary/aromatic N) is 2. The molecule has 7 nitrogen and oxygen atoms in total. The van der Waals surface area contributed by atoms with Crippen molar-refractivity contribution in [2.45, 2.75) is 65.6 Å². The van der Waals surface area contributed by atoms with Crippen LogP contribution in [-0.2, 0) is 27.1 Å². The van der Waals surface area contributed by atoms with Gasteiger partial charge in [0.25, 0.3) is 0 Å². The van der Waals surface area contributed by atoms with Crippen LogP contribution in [0.25, 0.3) is 21.8 Å². The molecule has 0 N–H and O–H groups in total. The molecule has 0 radical (unpaired) electrons. The molecule has 0 unspecified atom stereocenters. The Morgan fingerprint density at radius 3 is 1.36 bits per heavy atom. The van der Waals surface area contributed by atoms with Gasteiger partial charge in [-0.2, -0.15) is 0 Å². The lowest BCUT2D eigenvalue weighted by atomic mass is 10.0. The van der Waals surface area contributed by atoms with E-state index in [1.54, 1.807) is 12.4 Å². The molecule has 2 heterocycles. The summed E-state index contributed by atoms with van der Waals surface area (Å²) in [5.74, 6) is -0.0332. The van der Waals surface area contributed by atoms with E-state index in [0.717, 1.165) is 21.9 Å². The number of carbonyl (C=O) groups is 3. The molecule has 0 aliphatic heterocycles. The first-order chi connectivity index (χ1) is 16.8. The van der Waals surface area contributed by atoms with E-state index in [4.69, 9.17) is 9.47 Å². The van der Waals surface area contributed by atoms with Crippen molar-refractivity contribution in [3.63, 3.8) is 0 Å². The summed E-state index contributed by atoms with van der Waals surface area (Å²) < 4.78 is 14.0. The second-order valence-electron chi connectivity index (χ2n) is 10.9. The molecule has 4 rings (SSSR count). The van der Waals surface area contributed by atoms with E-state index in [-0.39, 0.29) is 18.6 Å². The smallest absolute Gasteiger partial charge is 0.419 e. The summed E-state index contributed by atoms with van der Waals surface area (Å²) in [5.41, 5.74) is 1.60. The van der Waals surface area contributed by atoms with Crippen LogP contribution in [-0.4, -0.2) is 38.3 Å². The van der Waals surface area contributed by atoms with Gasteiger partial charge in [0.15, 0.2) is 0 Å². The first-order valence-electron chi connectivity index (χ1n) is 12.0. The number of rotatable bonds is 4. The molecule has 2 aromatic carbocycles. The number of aromatic nitrogens is 2. The standard InChI is InChI=1S/C29H32N2O5/c1-28(2,3)35-26(33)30-17-19(22-11-7-9-13-24(22)30)15-21(32)16-20-18-31(27(34)36-29(4,5)6)25-14-10-8-12-23(20)25/h7-14,17-18H,15-16H2,1-6H3. The number of hydrogen-bond donors (Lipinski definition) is 0. The van der Waals surface area contributed by atoms with Crippen molar-refractivity contribution in [1.29, 1.82) is 0 Å². The van der Waals surface area contributed by atoms with Gasteiger partial charge in [-0.15, -0.1) is 0 Å². The van der Waals surface area contributed by atoms with Crippen LogP contribution in [0.15, 0.2) is 60.9 Å². The third-order valence-corrected chi connectivity index (χ3v) is 5.54. The fraction of sp³-hybridized carbons (Fsp3) is 0.345. The summed E-state index contributed by atoms with van der Waals surface area (Å²) in [4.78, 5) is 38.8. The molecule has 0 aliphatic carbocycles. The Balaban J connectivity index is 1.62. The summed E-state index contributed by atoms with van der Waals surface area (Å²) in [6, 6.07) is 14.9. The summed E-state index contributed by atoms with van der Waals surface area (Å²) in [5, 5.41) is 1.65. The van der Waals surface area contributed by atoms with Crippen LogP contribution >= 0.6 is 0 Å². The molecular formula is C29H32N2O5. The fourth-order valence-electron chi connectivity index (χ4n) is 4.19. The highest BCUT2D eigenvalue weighted by molar-refractivity contribution is 5.98. The van der Waals surface area contributed by atoms with Gasteiger partial charge >= 0.3 is 12.2 Å². The van der Waals surface area contributed by atoms with E-state index in [9.17, 15) is 14.4 Å². The number of ether oxygens (including phenoxy) is 2. The summed E-state index contributed by atoms with van der Waals surface area (Å²) in [6.07, 6.45) is 2.67. The topological polar surface area (TPSA) is 79.5 Å². The Morgan fingerprint density at radius 1 is 0.639 bits per heavy atom. The molecule has 0 atom stereocenters. The molecule has 4 aromatic rings. The highest BCUT2D eigenvalue weighted by Gasteiger charge is 2.23. The molecule has 36 heavy (non-hydrogen) atoms. The molecule has 0 aliphatic rings. The number of benzene rings is 2. The van der Waals surface area contributed by atoms with Gasteiger partial charge < -0.3 is 9.47 Å². The normalized spacial score (nSPS) is 12.2. The SMILES string of the molecule is CC(C)(C)OC(=O)n1cc(CC(=O)Cc2cn(C(=O)OC(C)(C)C)c3ccccc23)c2ccccc21. The lowest BCUT2D eigenvalue weighted by molar-refractivity contribution is -0.117. The third kappa shape index (κ3) is 5.51. The molecule has 0 fully saturated rings. The summed E-state index contributed by atoms with van der Waals surface area (Å²) >= 11 is 0. The molecule has 7 heteroatoms. The van der Waals surface area contributed by atoms with Crippen molar-refractivity contribution in [3.05, 3.63) is 72.1 Å². The number of ketones is 1. The zero-order valence-corrected chi connectivity index (χ0v) is 21.6. The molecule has 0 saturated heterocycles. The summed E-state index contributed by atoms with van der Waals surface area (Å²) in [7, 11) is 0. The zero-order valence-electron chi connectivity index (χ0n) is 21.6. The van der Waals surface area contributed by atoms with Crippen molar-refractivity contribution in [2.24, 2.45) is 0 Å². The predicted molar refractivity (Wildman–Crippen MR) is 140 cm³/mol. The van der Waals surface area contributed by atoms with Crippen LogP contribution in [0.5, 0.6) is 0 Å². The van der Waals surface area contributed by atoms with E-state index in [1.165, 1.54) is 9.13 Å². The van der Waals surface area contributed by atoms with Crippen LogP contribution < -0.4 is 0 Å². The lowest BCUT2D eigenvalue weighted by Crippen LogP contribution is -2.26. The molecule has 0 spiro atoms. The Bertz CT molecular complexity index is 1350. The number of hydrogen-bond acceptors (Lipinski definition) is 5. The van der Waals surface area contributed by atoms with Gasteiger partial charge in [0.2, 0.25) is 0 Å². The van der Waals surface area contributed by atoms with Gasteiger partial charge in [-0.3, -0.25) is 13.9 Å². The highest BCUT2D eigenvalue weighted by atomic mass is 16.6. The van der Waals surface area contributed by atoms with Crippen LogP contribution in [0.1, 0.15) is 52.7 Å². The quantitative estimate of drug-likeness (QED) is 0.327. The number of para-hydroxylation sites is 2. The Labute approximate surface area is 210 Å². The predicted octanol–water partition coefficient (Wildman–Crippen LogP) is 6.52. The van der Waals surface area contributed by atoms with Crippen molar-refractivity contribution < 1.29 is 23.9 Å². The van der Waals surface area contributed by atoms with Crippen LogP contribution in [0.4, 0.5) is 9.59 Å². The third-order valence-electron chi connectivity index (χ3n) is 5.54. The largest absolute Gasteiger partial charge is 0.443 e. The molecule has 0 saturated carbocycles. The molecule has 0 bridgehead atoms. The molecule has 188 valence electrons. The first-order valence-corrected chi connectivity index (χ1v) is 12.0. The van der Waals surface area contributed by atoms with Crippen molar-refractivity contribution >= 4 is 39.8 Å². The van der Waals surface area contributed by atoms with E-state index >= 15 is 0 Å². The first kappa shape index (κ1) is 25.2. The minimum Gasteiger partial charge on any atom is -0.443 e. The maximum atomic E-state index is 13.2. The average Bonchev–Trinajstić information content (AvgIpc) is 3.31. The van der Waals surface area contributed by atoms with Gasteiger partial charge in [0.1, 0.15) is 17.0 Å². The Morgan fingerprint density at radius 2 is 1.00 bits per heavy atom. The van der Waals surface area contributed by atoms with Gasteiger partial charge in [-0.1, -0.05) is 36.4 Å². The van der Waals surface area contributed by atoms with Crippen LogP contribution in [0.2, 0.25) is 0 Å². The lowest BCUT2D eigenvalue weighted by Gasteiger charge is -2.19. The maximum Gasteiger partial charge on any atom is 0.419 e. The van der Waals surface area contributed by atoms with Crippen molar-refractivity contribution in [1.82, 2.24) is 9.13 Å². The van der Waals surface area contributed by atoms with E-state index in [0.29, 0.717) is 11.0 Å². The van der Waals surface area contributed by atoms with Gasteiger partial charge in [0, 0.05) is 36.0 Å². The minimum atomic E-state index is -0.638. The number of fused-ring (bicyclic) bond motifs is 2. The van der Waals surface area contributed by atoms with Gasteiger partial charge in [0.05, 0.1) is 11.0 Å².